The van der Waals surface area contributed by atoms with Crippen LogP contribution in [0.1, 0.15) is 23.2 Å². The molecule has 0 aromatic carbocycles. The topological polar surface area (TPSA) is 62.7 Å². The van der Waals surface area contributed by atoms with Crippen molar-refractivity contribution in [3.63, 3.8) is 0 Å². The van der Waals surface area contributed by atoms with Gasteiger partial charge in [-0.25, -0.2) is 4.98 Å². The molecule has 0 aliphatic heterocycles. The van der Waals surface area contributed by atoms with E-state index in [2.05, 4.69) is 15.3 Å². The fourth-order valence-corrected chi connectivity index (χ4v) is 1.55. The summed E-state index contributed by atoms with van der Waals surface area (Å²) in [6.45, 7) is 3.21. The standard InChI is InChI=1S/C11H14N4O/c1-2-15-7-3-4-9(15)11(16)14-8-10-12-5-6-13-10/h3-7H,2,8H2,1H3,(H,12,13)(H,14,16). The molecular weight excluding hydrogens is 204 g/mol. The van der Waals surface area contributed by atoms with Crippen LogP contribution in [-0.2, 0) is 13.1 Å². The van der Waals surface area contributed by atoms with Gasteiger partial charge in [-0.3, -0.25) is 4.79 Å². The van der Waals surface area contributed by atoms with Crippen molar-refractivity contribution in [2.45, 2.75) is 20.0 Å². The van der Waals surface area contributed by atoms with Crippen LogP contribution in [0.15, 0.2) is 30.7 Å². The Hall–Kier alpha value is -2.04. The summed E-state index contributed by atoms with van der Waals surface area (Å²) in [5.74, 6) is 0.672. The Kier molecular flexibility index (Phi) is 3.05. The van der Waals surface area contributed by atoms with Gasteiger partial charge in [0.05, 0.1) is 6.54 Å². The van der Waals surface area contributed by atoms with Crippen LogP contribution in [-0.4, -0.2) is 20.4 Å². The maximum absolute atomic E-state index is 11.8. The molecule has 0 spiro atoms. The van der Waals surface area contributed by atoms with Gasteiger partial charge < -0.3 is 14.9 Å². The van der Waals surface area contributed by atoms with Gasteiger partial charge in [0.15, 0.2) is 0 Å². The molecule has 0 radical (unpaired) electrons. The molecule has 0 aliphatic carbocycles. The molecule has 0 bridgehead atoms. The Balaban J connectivity index is 1.98. The van der Waals surface area contributed by atoms with Gasteiger partial charge in [0.2, 0.25) is 0 Å². The van der Waals surface area contributed by atoms with Crippen LogP contribution < -0.4 is 5.32 Å². The zero-order chi connectivity index (χ0) is 11.4. The predicted octanol–water partition coefficient (Wildman–Crippen LogP) is 1.16. The summed E-state index contributed by atoms with van der Waals surface area (Å²) >= 11 is 0. The summed E-state index contributed by atoms with van der Waals surface area (Å²) in [5, 5.41) is 2.81. The normalized spacial score (nSPS) is 10.3. The van der Waals surface area contributed by atoms with E-state index in [0.717, 1.165) is 12.4 Å². The highest BCUT2D eigenvalue weighted by molar-refractivity contribution is 5.92. The summed E-state index contributed by atoms with van der Waals surface area (Å²) in [7, 11) is 0. The Morgan fingerprint density at radius 2 is 2.50 bits per heavy atom. The van der Waals surface area contributed by atoms with Crippen molar-refractivity contribution in [2.24, 2.45) is 0 Å². The molecule has 2 N–H and O–H groups in total. The third-order valence-electron chi connectivity index (χ3n) is 2.37. The van der Waals surface area contributed by atoms with Crippen LogP contribution in [0.3, 0.4) is 0 Å². The van der Waals surface area contributed by atoms with Gasteiger partial charge in [-0.05, 0) is 19.1 Å². The average molecular weight is 218 g/mol. The van der Waals surface area contributed by atoms with E-state index in [1.165, 1.54) is 0 Å². The van der Waals surface area contributed by atoms with E-state index in [1.54, 1.807) is 18.5 Å². The lowest BCUT2D eigenvalue weighted by molar-refractivity contribution is 0.0941. The third kappa shape index (κ3) is 2.13. The smallest absolute Gasteiger partial charge is 0.268 e. The van der Waals surface area contributed by atoms with E-state index in [0.29, 0.717) is 12.2 Å². The number of carbonyl (C=O) groups excluding carboxylic acids is 1. The van der Waals surface area contributed by atoms with Crippen LogP contribution >= 0.6 is 0 Å². The van der Waals surface area contributed by atoms with Gasteiger partial charge in [0, 0.05) is 25.1 Å². The molecular formula is C11H14N4O. The zero-order valence-electron chi connectivity index (χ0n) is 9.10. The summed E-state index contributed by atoms with van der Waals surface area (Å²) in [6, 6.07) is 3.67. The minimum atomic E-state index is -0.0803. The number of nitrogens with zero attached hydrogens (tertiary/aromatic N) is 2. The van der Waals surface area contributed by atoms with Crippen molar-refractivity contribution in [3.8, 4) is 0 Å². The number of H-pyrrole nitrogens is 1. The van der Waals surface area contributed by atoms with Crippen LogP contribution in [0.2, 0.25) is 0 Å². The number of hydrogen-bond donors (Lipinski definition) is 2. The summed E-state index contributed by atoms with van der Waals surface area (Å²) in [4.78, 5) is 18.8. The molecule has 16 heavy (non-hydrogen) atoms. The van der Waals surface area contributed by atoms with Gasteiger partial charge in [0.1, 0.15) is 11.5 Å². The highest BCUT2D eigenvalue weighted by Gasteiger charge is 2.09. The first-order valence-electron chi connectivity index (χ1n) is 5.23. The predicted molar refractivity (Wildman–Crippen MR) is 59.9 cm³/mol. The van der Waals surface area contributed by atoms with Gasteiger partial charge in [-0.2, -0.15) is 0 Å². The van der Waals surface area contributed by atoms with Crippen molar-refractivity contribution >= 4 is 5.91 Å². The number of amides is 1. The lowest BCUT2D eigenvalue weighted by Gasteiger charge is -2.06. The van der Waals surface area contributed by atoms with E-state index in [1.807, 2.05) is 23.8 Å². The first-order chi connectivity index (χ1) is 7.81. The van der Waals surface area contributed by atoms with Gasteiger partial charge in [-0.1, -0.05) is 0 Å². The largest absolute Gasteiger partial charge is 0.347 e. The van der Waals surface area contributed by atoms with Crippen molar-refractivity contribution in [1.29, 1.82) is 0 Å². The van der Waals surface area contributed by atoms with E-state index < -0.39 is 0 Å². The van der Waals surface area contributed by atoms with Gasteiger partial charge in [-0.15, -0.1) is 0 Å². The second-order valence-electron chi connectivity index (χ2n) is 3.40. The second-order valence-corrected chi connectivity index (χ2v) is 3.40. The maximum atomic E-state index is 11.8. The number of hydrogen-bond acceptors (Lipinski definition) is 2. The molecule has 0 saturated carbocycles. The van der Waals surface area contributed by atoms with E-state index in [9.17, 15) is 4.79 Å². The molecule has 0 aliphatic rings. The molecule has 0 unspecified atom stereocenters. The molecule has 5 heteroatoms. The van der Waals surface area contributed by atoms with Crippen LogP contribution in [0.25, 0.3) is 0 Å². The quantitative estimate of drug-likeness (QED) is 0.809. The Morgan fingerprint density at radius 1 is 1.62 bits per heavy atom. The minimum Gasteiger partial charge on any atom is -0.347 e. The molecule has 0 fully saturated rings. The first kappa shape index (κ1) is 10.5. The number of rotatable bonds is 4. The van der Waals surface area contributed by atoms with Gasteiger partial charge >= 0.3 is 0 Å². The molecule has 2 rings (SSSR count). The van der Waals surface area contributed by atoms with E-state index in [-0.39, 0.29) is 5.91 Å². The number of carbonyl (C=O) groups is 1. The van der Waals surface area contributed by atoms with Crippen LogP contribution in [0.5, 0.6) is 0 Å². The number of imidazole rings is 1. The Morgan fingerprint density at radius 3 is 3.19 bits per heavy atom. The molecule has 2 aromatic rings. The molecule has 84 valence electrons. The lowest BCUT2D eigenvalue weighted by Crippen LogP contribution is -2.25. The average Bonchev–Trinajstić information content (AvgIpc) is 2.96. The number of nitrogens with one attached hydrogen (secondary N) is 2. The Labute approximate surface area is 93.5 Å². The minimum absolute atomic E-state index is 0.0803. The lowest BCUT2D eigenvalue weighted by atomic mass is 10.4. The highest BCUT2D eigenvalue weighted by atomic mass is 16.1. The fraction of sp³-hybridized carbons (Fsp3) is 0.273. The fourth-order valence-electron chi connectivity index (χ4n) is 1.55. The summed E-state index contributed by atoms with van der Waals surface area (Å²) in [5.41, 5.74) is 0.675. The second kappa shape index (κ2) is 4.65. The SMILES string of the molecule is CCn1cccc1C(=O)NCc1ncc[nH]1. The van der Waals surface area contributed by atoms with Crippen LogP contribution in [0.4, 0.5) is 0 Å². The molecule has 0 atom stereocenters. The molecule has 0 saturated heterocycles. The zero-order valence-corrected chi connectivity index (χ0v) is 9.10. The van der Waals surface area contributed by atoms with Crippen molar-refractivity contribution in [1.82, 2.24) is 19.9 Å². The number of aryl methyl sites for hydroxylation is 1. The maximum Gasteiger partial charge on any atom is 0.268 e. The van der Waals surface area contributed by atoms with E-state index in [4.69, 9.17) is 0 Å². The van der Waals surface area contributed by atoms with Crippen molar-refractivity contribution < 1.29 is 4.79 Å². The van der Waals surface area contributed by atoms with Gasteiger partial charge in [0.25, 0.3) is 5.91 Å². The molecule has 1 amide bonds. The van der Waals surface area contributed by atoms with E-state index >= 15 is 0 Å². The Bertz CT molecular complexity index is 458. The van der Waals surface area contributed by atoms with Crippen molar-refractivity contribution in [3.05, 3.63) is 42.2 Å². The van der Waals surface area contributed by atoms with Crippen LogP contribution in [0, 0.1) is 0 Å². The first-order valence-corrected chi connectivity index (χ1v) is 5.23. The summed E-state index contributed by atoms with van der Waals surface area (Å²) < 4.78 is 1.90. The molecule has 2 aromatic heterocycles. The number of aromatic amines is 1. The summed E-state index contributed by atoms with van der Waals surface area (Å²) in [6.07, 6.45) is 5.29. The third-order valence-corrected chi connectivity index (χ3v) is 2.37. The molecule has 5 nitrogen and oxygen atoms in total. The highest BCUT2D eigenvalue weighted by Crippen LogP contribution is 2.02. The monoisotopic (exact) mass is 218 g/mol. The van der Waals surface area contributed by atoms with Crippen molar-refractivity contribution in [2.75, 3.05) is 0 Å². The molecule has 2 heterocycles. The number of aromatic nitrogens is 3.